The number of hydrogen-bond acceptors (Lipinski definition) is 5. The fourth-order valence-corrected chi connectivity index (χ4v) is 2.84. The molecule has 26 heavy (non-hydrogen) atoms. The molecule has 1 atom stereocenters. The van der Waals surface area contributed by atoms with E-state index >= 15 is 0 Å². The SMILES string of the molecule is O=C(CCc1ncc(-c2ccc(Cl)cc2Cl)o1)NCC(O)c1ccco1. The average molecular weight is 395 g/mol. The van der Waals surface area contributed by atoms with Crippen molar-refractivity contribution in [1.29, 1.82) is 0 Å². The number of aliphatic hydroxyl groups excluding tert-OH is 1. The second kappa shape index (κ2) is 8.40. The van der Waals surface area contributed by atoms with Crippen molar-refractivity contribution in [2.45, 2.75) is 18.9 Å². The van der Waals surface area contributed by atoms with Crippen molar-refractivity contribution in [1.82, 2.24) is 10.3 Å². The maximum atomic E-state index is 11.9. The molecule has 0 aliphatic rings. The number of amides is 1. The number of rotatable bonds is 7. The van der Waals surface area contributed by atoms with Gasteiger partial charge in [-0.3, -0.25) is 4.79 Å². The maximum absolute atomic E-state index is 11.9. The predicted octanol–water partition coefficient (Wildman–Crippen LogP) is 4.02. The summed E-state index contributed by atoms with van der Waals surface area (Å²) in [6.45, 7) is 0.0730. The summed E-state index contributed by atoms with van der Waals surface area (Å²) in [5.41, 5.74) is 0.681. The number of hydrogen-bond donors (Lipinski definition) is 2. The molecule has 1 amide bonds. The highest BCUT2D eigenvalue weighted by Gasteiger charge is 2.14. The summed E-state index contributed by atoms with van der Waals surface area (Å²) in [5.74, 6) is 1.12. The lowest BCUT2D eigenvalue weighted by Gasteiger charge is -2.09. The van der Waals surface area contributed by atoms with E-state index in [2.05, 4.69) is 10.3 Å². The van der Waals surface area contributed by atoms with Crippen LogP contribution < -0.4 is 5.32 Å². The van der Waals surface area contributed by atoms with Crippen LogP contribution in [0.4, 0.5) is 0 Å². The van der Waals surface area contributed by atoms with E-state index in [9.17, 15) is 9.90 Å². The minimum Gasteiger partial charge on any atom is -0.467 e. The smallest absolute Gasteiger partial charge is 0.220 e. The van der Waals surface area contributed by atoms with Gasteiger partial charge in [0.1, 0.15) is 11.9 Å². The number of carbonyl (C=O) groups is 1. The molecule has 3 aromatic rings. The molecule has 1 aromatic carbocycles. The van der Waals surface area contributed by atoms with E-state index in [0.717, 1.165) is 0 Å². The molecule has 0 fully saturated rings. The number of nitrogens with zero attached hydrogens (tertiary/aromatic N) is 1. The Morgan fingerprint density at radius 1 is 1.31 bits per heavy atom. The summed E-state index contributed by atoms with van der Waals surface area (Å²) in [6, 6.07) is 8.40. The average Bonchev–Trinajstić information content (AvgIpc) is 3.29. The second-order valence-electron chi connectivity index (χ2n) is 5.58. The number of aryl methyl sites for hydroxylation is 1. The highest BCUT2D eigenvalue weighted by atomic mass is 35.5. The van der Waals surface area contributed by atoms with Gasteiger partial charge >= 0.3 is 0 Å². The quantitative estimate of drug-likeness (QED) is 0.631. The van der Waals surface area contributed by atoms with Gasteiger partial charge in [-0.2, -0.15) is 0 Å². The first-order valence-electron chi connectivity index (χ1n) is 7.91. The predicted molar refractivity (Wildman–Crippen MR) is 97.0 cm³/mol. The van der Waals surface area contributed by atoms with Crippen LogP contribution in [0.25, 0.3) is 11.3 Å². The Bertz CT molecular complexity index is 877. The van der Waals surface area contributed by atoms with E-state index in [-0.39, 0.29) is 18.9 Å². The number of furan rings is 1. The molecule has 136 valence electrons. The Labute approximate surface area is 159 Å². The van der Waals surface area contributed by atoms with Crippen LogP contribution in [0, 0.1) is 0 Å². The van der Waals surface area contributed by atoms with Crippen LogP contribution in [0.3, 0.4) is 0 Å². The van der Waals surface area contributed by atoms with Crippen molar-refractivity contribution < 1.29 is 18.7 Å². The number of carbonyl (C=O) groups excluding carboxylic acids is 1. The van der Waals surface area contributed by atoms with Crippen molar-refractivity contribution in [3.63, 3.8) is 0 Å². The zero-order chi connectivity index (χ0) is 18.5. The number of aromatic nitrogens is 1. The van der Waals surface area contributed by atoms with Gasteiger partial charge in [0, 0.05) is 23.4 Å². The lowest BCUT2D eigenvalue weighted by molar-refractivity contribution is -0.121. The lowest BCUT2D eigenvalue weighted by atomic mass is 10.2. The van der Waals surface area contributed by atoms with E-state index in [1.165, 1.54) is 6.26 Å². The summed E-state index contributed by atoms with van der Waals surface area (Å²) in [4.78, 5) is 16.1. The summed E-state index contributed by atoms with van der Waals surface area (Å²) < 4.78 is 10.7. The van der Waals surface area contributed by atoms with Gasteiger partial charge < -0.3 is 19.3 Å². The van der Waals surface area contributed by atoms with Crippen molar-refractivity contribution in [3.05, 3.63) is 64.5 Å². The van der Waals surface area contributed by atoms with Crippen molar-refractivity contribution in [3.8, 4) is 11.3 Å². The molecule has 0 aliphatic carbocycles. The molecule has 0 bridgehead atoms. The molecule has 0 saturated carbocycles. The first kappa shape index (κ1) is 18.5. The molecule has 1 unspecified atom stereocenters. The topological polar surface area (TPSA) is 88.5 Å². The van der Waals surface area contributed by atoms with E-state index in [1.807, 2.05) is 0 Å². The number of aliphatic hydroxyl groups is 1. The third-order valence-electron chi connectivity index (χ3n) is 3.68. The Kier molecular flexibility index (Phi) is 5.98. The first-order valence-corrected chi connectivity index (χ1v) is 8.67. The normalized spacial score (nSPS) is 12.1. The molecular formula is C18H16Cl2N2O4. The van der Waals surface area contributed by atoms with E-state index < -0.39 is 6.10 Å². The van der Waals surface area contributed by atoms with Gasteiger partial charge in [0.05, 0.1) is 24.0 Å². The van der Waals surface area contributed by atoms with Gasteiger partial charge in [0.25, 0.3) is 0 Å². The van der Waals surface area contributed by atoms with E-state index in [0.29, 0.717) is 39.4 Å². The summed E-state index contributed by atoms with van der Waals surface area (Å²) >= 11 is 12.0. The number of benzene rings is 1. The van der Waals surface area contributed by atoms with Gasteiger partial charge in [-0.1, -0.05) is 23.2 Å². The fourth-order valence-electron chi connectivity index (χ4n) is 2.34. The van der Waals surface area contributed by atoms with Crippen LogP contribution in [0.15, 0.2) is 51.6 Å². The standard InChI is InChI=1S/C18H16Cl2N2O4/c19-11-3-4-12(13(20)8-11)16-10-22-18(26-16)6-5-17(24)21-9-14(23)15-2-1-7-25-15/h1-4,7-8,10,14,23H,5-6,9H2,(H,21,24). The lowest BCUT2D eigenvalue weighted by Crippen LogP contribution is -2.28. The molecule has 2 heterocycles. The Balaban J connectivity index is 1.50. The Morgan fingerprint density at radius 3 is 2.88 bits per heavy atom. The largest absolute Gasteiger partial charge is 0.467 e. The third-order valence-corrected chi connectivity index (χ3v) is 4.23. The first-order chi connectivity index (χ1) is 12.5. The van der Waals surface area contributed by atoms with E-state index in [4.69, 9.17) is 32.0 Å². The summed E-state index contributed by atoms with van der Waals surface area (Å²) in [6.07, 6.45) is 2.65. The highest BCUT2D eigenvalue weighted by Crippen LogP contribution is 2.30. The monoisotopic (exact) mass is 394 g/mol. The zero-order valence-electron chi connectivity index (χ0n) is 13.6. The number of nitrogens with one attached hydrogen (secondary N) is 1. The van der Waals surface area contributed by atoms with Crippen LogP contribution in [-0.4, -0.2) is 22.5 Å². The molecule has 6 nitrogen and oxygen atoms in total. The maximum Gasteiger partial charge on any atom is 0.220 e. The molecule has 2 aromatic heterocycles. The molecule has 2 N–H and O–H groups in total. The van der Waals surface area contributed by atoms with Crippen LogP contribution in [0.2, 0.25) is 10.0 Å². The Hall–Kier alpha value is -2.28. The molecular weight excluding hydrogens is 379 g/mol. The van der Waals surface area contributed by atoms with Crippen molar-refractivity contribution >= 4 is 29.1 Å². The molecule has 8 heteroatoms. The van der Waals surface area contributed by atoms with E-state index in [1.54, 1.807) is 36.5 Å². The molecule has 0 aliphatic heterocycles. The molecule has 0 radical (unpaired) electrons. The van der Waals surface area contributed by atoms with Crippen molar-refractivity contribution in [2.24, 2.45) is 0 Å². The van der Waals surface area contributed by atoms with Gasteiger partial charge in [-0.15, -0.1) is 0 Å². The Morgan fingerprint density at radius 2 is 2.15 bits per heavy atom. The van der Waals surface area contributed by atoms with Gasteiger partial charge in [-0.05, 0) is 30.3 Å². The molecule has 0 saturated heterocycles. The highest BCUT2D eigenvalue weighted by molar-refractivity contribution is 6.36. The van der Waals surface area contributed by atoms with Gasteiger partial charge in [0.15, 0.2) is 11.7 Å². The third kappa shape index (κ3) is 4.66. The summed E-state index contributed by atoms with van der Waals surface area (Å²) in [7, 11) is 0. The van der Waals surface area contributed by atoms with Crippen LogP contribution in [-0.2, 0) is 11.2 Å². The van der Waals surface area contributed by atoms with Crippen LogP contribution in [0.5, 0.6) is 0 Å². The minimum atomic E-state index is -0.880. The molecule has 0 spiro atoms. The minimum absolute atomic E-state index is 0.0730. The number of oxazole rings is 1. The summed E-state index contributed by atoms with van der Waals surface area (Å²) in [5, 5.41) is 13.5. The van der Waals surface area contributed by atoms with Gasteiger partial charge in [0.2, 0.25) is 5.91 Å². The second-order valence-corrected chi connectivity index (χ2v) is 6.42. The fraction of sp³-hybridized carbons (Fsp3) is 0.222. The van der Waals surface area contributed by atoms with Crippen LogP contribution >= 0.6 is 23.2 Å². The zero-order valence-corrected chi connectivity index (χ0v) is 15.1. The number of halogens is 2. The van der Waals surface area contributed by atoms with Gasteiger partial charge in [-0.25, -0.2) is 4.98 Å². The van der Waals surface area contributed by atoms with Crippen molar-refractivity contribution in [2.75, 3.05) is 6.54 Å². The molecule has 3 rings (SSSR count). The van der Waals surface area contributed by atoms with Crippen LogP contribution in [0.1, 0.15) is 24.2 Å².